The van der Waals surface area contributed by atoms with Crippen LogP contribution in [0.2, 0.25) is 0 Å². The summed E-state index contributed by atoms with van der Waals surface area (Å²) in [4.78, 5) is 9.31. The number of hydrogen-bond donors (Lipinski definition) is 1. The van der Waals surface area contributed by atoms with Gasteiger partial charge in [-0.15, -0.1) is 0 Å². The maximum atomic E-state index is 11.7. The van der Waals surface area contributed by atoms with Crippen LogP contribution >= 0.6 is 11.8 Å². The summed E-state index contributed by atoms with van der Waals surface area (Å²) >= 11 is 1.71. The standard InChI is InChI=1S/C24H26N2O3S2/c1-2-3-9-18-10-8-11-19(25-18)20(16-17-31(27,28)29)26-21-12-4-6-14-23(21)30-24-15-7-5-13-22(24)26/h4-8,10-15,20H,2-3,9,16-17H2,1H3,(H,27,28,29). The molecule has 0 radical (unpaired) electrons. The molecule has 4 rings (SSSR count). The number of fused-ring (bicyclic) bond motifs is 2. The zero-order chi connectivity index (χ0) is 21.8. The molecule has 0 fully saturated rings. The van der Waals surface area contributed by atoms with E-state index in [9.17, 15) is 13.0 Å². The number of benzene rings is 2. The summed E-state index contributed by atoms with van der Waals surface area (Å²) in [6.07, 6.45) is 3.26. The van der Waals surface area contributed by atoms with Gasteiger partial charge in [0.1, 0.15) is 0 Å². The minimum absolute atomic E-state index is 0.233. The molecule has 2 aromatic carbocycles. The number of anilines is 2. The molecule has 1 aliphatic heterocycles. The number of pyridine rings is 1. The summed E-state index contributed by atoms with van der Waals surface area (Å²) in [7, 11) is -4.10. The van der Waals surface area contributed by atoms with Crippen LogP contribution in [0.15, 0.2) is 76.5 Å². The van der Waals surface area contributed by atoms with Gasteiger partial charge in [-0.25, -0.2) is 0 Å². The third-order valence-electron chi connectivity index (χ3n) is 5.39. The van der Waals surface area contributed by atoms with Gasteiger partial charge in [-0.05, 0) is 55.7 Å². The Morgan fingerprint density at radius 2 is 1.61 bits per heavy atom. The third-order valence-corrected chi connectivity index (χ3v) is 7.27. The highest BCUT2D eigenvalue weighted by Gasteiger charge is 2.31. The molecule has 5 nitrogen and oxygen atoms in total. The lowest BCUT2D eigenvalue weighted by Crippen LogP contribution is -2.29. The van der Waals surface area contributed by atoms with Crippen molar-refractivity contribution in [1.29, 1.82) is 0 Å². The summed E-state index contributed by atoms with van der Waals surface area (Å²) in [5.41, 5.74) is 3.86. The summed E-state index contributed by atoms with van der Waals surface area (Å²) in [6, 6.07) is 21.9. The Morgan fingerprint density at radius 3 is 2.23 bits per heavy atom. The minimum atomic E-state index is -4.10. The molecule has 162 valence electrons. The molecule has 1 N–H and O–H groups in total. The zero-order valence-corrected chi connectivity index (χ0v) is 19.1. The van der Waals surface area contributed by atoms with Gasteiger partial charge in [-0.2, -0.15) is 8.42 Å². The molecule has 0 saturated heterocycles. The van der Waals surface area contributed by atoms with E-state index in [0.717, 1.165) is 51.8 Å². The number of rotatable bonds is 8. The topological polar surface area (TPSA) is 70.5 Å². The van der Waals surface area contributed by atoms with Crippen molar-refractivity contribution in [2.75, 3.05) is 10.7 Å². The smallest absolute Gasteiger partial charge is 0.264 e. The van der Waals surface area contributed by atoms with Crippen LogP contribution in [0.4, 0.5) is 11.4 Å². The Morgan fingerprint density at radius 1 is 0.968 bits per heavy atom. The summed E-state index contributed by atoms with van der Waals surface area (Å²) in [5, 5.41) is 0. The quantitative estimate of drug-likeness (QED) is 0.418. The largest absolute Gasteiger partial charge is 0.330 e. The number of para-hydroxylation sites is 2. The van der Waals surface area contributed by atoms with Crippen LogP contribution in [-0.2, 0) is 16.5 Å². The van der Waals surface area contributed by atoms with Crippen LogP contribution in [0.1, 0.15) is 43.6 Å². The zero-order valence-electron chi connectivity index (χ0n) is 17.4. The minimum Gasteiger partial charge on any atom is -0.330 e. The van der Waals surface area contributed by atoms with Gasteiger partial charge >= 0.3 is 0 Å². The number of unbranched alkanes of at least 4 members (excludes halogenated alkanes) is 1. The fraction of sp³-hybridized carbons (Fsp3) is 0.292. The number of aromatic nitrogens is 1. The van der Waals surface area contributed by atoms with Gasteiger partial charge in [0, 0.05) is 15.5 Å². The van der Waals surface area contributed by atoms with Crippen molar-refractivity contribution < 1.29 is 13.0 Å². The third kappa shape index (κ3) is 5.11. The fourth-order valence-electron chi connectivity index (χ4n) is 3.92. The average Bonchev–Trinajstić information content (AvgIpc) is 2.76. The molecular weight excluding hydrogens is 428 g/mol. The van der Waals surface area contributed by atoms with E-state index in [1.54, 1.807) is 11.8 Å². The van der Waals surface area contributed by atoms with Gasteiger partial charge in [0.15, 0.2) is 0 Å². The number of aryl methyl sites for hydroxylation is 1. The van der Waals surface area contributed by atoms with Crippen LogP contribution in [0.25, 0.3) is 0 Å². The molecule has 0 bridgehead atoms. The van der Waals surface area contributed by atoms with Crippen LogP contribution in [-0.4, -0.2) is 23.7 Å². The van der Waals surface area contributed by atoms with Gasteiger partial charge in [-0.3, -0.25) is 9.54 Å². The Labute approximate surface area is 188 Å². The summed E-state index contributed by atoms with van der Waals surface area (Å²) in [6.45, 7) is 2.15. The van der Waals surface area contributed by atoms with E-state index in [1.807, 2.05) is 42.5 Å². The molecule has 31 heavy (non-hydrogen) atoms. The molecule has 1 aromatic heterocycles. The molecule has 1 unspecified atom stereocenters. The molecule has 0 saturated carbocycles. The van der Waals surface area contributed by atoms with Crippen molar-refractivity contribution in [2.45, 2.75) is 48.4 Å². The molecule has 1 aliphatic rings. The highest BCUT2D eigenvalue weighted by molar-refractivity contribution is 7.99. The predicted octanol–water partition coefficient (Wildman–Crippen LogP) is 6.05. The van der Waals surface area contributed by atoms with Gasteiger partial charge < -0.3 is 4.90 Å². The van der Waals surface area contributed by atoms with E-state index in [1.165, 1.54) is 0 Å². The predicted molar refractivity (Wildman–Crippen MR) is 126 cm³/mol. The molecule has 3 aromatic rings. The van der Waals surface area contributed by atoms with Crippen molar-refractivity contribution in [2.24, 2.45) is 0 Å². The summed E-state index contributed by atoms with van der Waals surface area (Å²) < 4.78 is 32.8. The first-order valence-corrected chi connectivity index (χ1v) is 12.9. The van der Waals surface area contributed by atoms with E-state index in [2.05, 4.69) is 36.1 Å². The van der Waals surface area contributed by atoms with E-state index in [4.69, 9.17) is 4.98 Å². The first-order chi connectivity index (χ1) is 15.0. The molecule has 2 heterocycles. The Kier molecular flexibility index (Phi) is 6.65. The normalized spacial score (nSPS) is 14.1. The Balaban J connectivity index is 1.83. The van der Waals surface area contributed by atoms with E-state index < -0.39 is 10.1 Å². The van der Waals surface area contributed by atoms with Gasteiger partial charge in [0.2, 0.25) is 0 Å². The molecule has 0 amide bonds. The SMILES string of the molecule is CCCCc1cccc(C(CCS(=O)(=O)O)N2c3ccccc3Sc3ccccc32)n1. The lowest BCUT2D eigenvalue weighted by atomic mass is 10.0. The second kappa shape index (κ2) is 9.42. The van der Waals surface area contributed by atoms with Crippen LogP contribution < -0.4 is 4.90 Å². The van der Waals surface area contributed by atoms with Crippen molar-refractivity contribution >= 4 is 33.3 Å². The average molecular weight is 455 g/mol. The first kappa shape index (κ1) is 21.9. The molecule has 1 atom stereocenters. The second-order valence-electron chi connectivity index (χ2n) is 7.66. The van der Waals surface area contributed by atoms with E-state index in [0.29, 0.717) is 0 Å². The lowest BCUT2D eigenvalue weighted by Gasteiger charge is -2.38. The van der Waals surface area contributed by atoms with E-state index >= 15 is 0 Å². The molecule has 0 spiro atoms. The molecule has 7 heteroatoms. The highest BCUT2D eigenvalue weighted by atomic mass is 32.2. The first-order valence-electron chi connectivity index (χ1n) is 10.5. The van der Waals surface area contributed by atoms with Crippen LogP contribution in [0.5, 0.6) is 0 Å². The van der Waals surface area contributed by atoms with Crippen LogP contribution in [0.3, 0.4) is 0 Å². The van der Waals surface area contributed by atoms with Gasteiger partial charge in [-0.1, -0.05) is 55.4 Å². The maximum absolute atomic E-state index is 11.7. The number of nitrogens with zero attached hydrogens (tertiary/aromatic N) is 2. The maximum Gasteiger partial charge on any atom is 0.264 e. The van der Waals surface area contributed by atoms with Crippen molar-refractivity contribution in [3.8, 4) is 0 Å². The molecule has 0 aliphatic carbocycles. The Hall–Kier alpha value is -2.35. The van der Waals surface area contributed by atoms with Crippen molar-refractivity contribution in [3.05, 3.63) is 78.1 Å². The van der Waals surface area contributed by atoms with E-state index in [-0.39, 0.29) is 18.2 Å². The second-order valence-corrected chi connectivity index (χ2v) is 10.3. The van der Waals surface area contributed by atoms with Crippen molar-refractivity contribution in [1.82, 2.24) is 4.98 Å². The van der Waals surface area contributed by atoms with Gasteiger partial charge in [0.25, 0.3) is 10.1 Å². The van der Waals surface area contributed by atoms with Crippen molar-refractivity contribution in [3.63, 3.8) is 0 Å². The highest BCUT2D eigenvalue weighted by Crippen LogP contribution is 2.51. The Bertz CT molecular complexity index is 1120. The lowest BCUT2D eigenvalue weighted by molar-refractivity contribution is 0.476. The van der Waals surface area contributed by atoms with Gasteiger partial charge in [0.05, 0.1) is 28.9 Å². The van der Waals surface area contributed by atoms with Crippen LogP contribution in [0, 0.1) is 0 Å². The molecular formula is C24H26N2O3S2. The fourth-order valence-corrected chi connectivity index (χ4v) is 5.51. The monoisotopic (exact) mass is 454 g/mol. The summed E-state index contributed by atoms with van der Waals surface area (Å²) in [5.74, 6) is -0.327. The number of hydrogen-bond acceptors (Lipinski definition) is 5.